The first-order valence-electron chi connectivity index (χ1n) is 4.99. The molecule has 0 spiro atoms. The quantitative estimate of drug-likeness (QED) is 0.839. The van der Waals surface area contributed by atoms with Gasteiger partial charge >= 0.3 is 5.97 Å². The van der Waals surface area contributed by atoms with Gasteiger partial charge in [0.1, 0.15) is 0 Å². The van der Waals surface area contributed by atoms with Gasteiger partial charge in [-0.2, -0.15) is 4.98 Å². The molecule has 7 heteroatoms. The van der Waals surface area contributed by atoms with Crippen LogP contribution in [0.1, 0.15) is 22.4 Å². The van der Waals surface area contributed by atoms with Gasteiger partial charge in [0.05, 0.1) is 17.2 Å². The van der Waals surface area contributed by atoms with Gasteiger partial charge in [-0.25, -0.2) is 4.79 Å². The highest BCUT2D eigenvalue weighted by Gasteiger charge is 2.19. The third-order valence-electron chi connectivity index (χ3n) is 2.00. The number of hydrogen-bond donors (Lipinski definition) is 1. The molecule has 0 aromatic carbocycles. The van der Waals surface area contributed by atoms with Crippen molar-refractivity contribution in [2.24, 2.45) is 0 Å². The van der Waals surface area contributed by atoms with Crippen molar-refractivity contribution in [1.82, 2.24) is 10.1 Å². The van der Waals surface area contributed by atoms with Gasteiger partial charge in [-0.15, -0.1) is 11.3 Å². The highest BCUT2D eigenvalue weighted by molar-refractivity contribution is 7.16. The molecule has 2 N–H and O–H groups in total. The van der Waals surface area contributed by atoms with Gasteiger partial charge in [-0.3, -0.25) is 0 Å². The van der Waals surface area contributed by atoms with Gasteiger partial charge in [-0.05, 0) is 25.1 Å². The number of anilines is 1. The maximum Gasteiger partial charge on any atom is 0.379 e. The molecule has 0 atom stereocenters. The molecule has 2 aromatic heterocycles. The second kappa shape index (κ2) is 4.54. The average Bonchev–Trinajstić information content (AvgIpc) is 2.85. The van der Waals surface area contributed by atoms with Gasteiger partial charge in [0, 0.05) is 4.88 Å². The van der Waals surface area contributed by atoms with Gasteiger partial charge in [0.2, 0.25) is 0 Å². The number of nitrogens with zero attached hydrogens (tertiary/aromatic N) is 2. The van der Waals surface area contributed by atoms with Crippen LogP contribution >= 0.6 is 11.3 Å². The second-order valence-corrected chi connectivity index (χ2v) is 4.57. The van der Waals surface area contributed by atoms with Crippen LogP contribution in [-0.2, 0) is 4.74 Å². The number of rotatable bonds is 3. The number of nitrogen functional groups attached to an aromatic ring is 1. The van der Waals surface area contributed by atoms with E-state index < -0.39 is 5.97 Å². The molecule has 0 aliphatic heterocycles. The molecule has 0 unspecified atom stereocenters. The zero-order valence-electron chi connectivity index (χ0n) is 9.39. The van der Waals surface area contributed by atoms with E-state index in [-0.39, 0.29) is 18.3 Å². The highest BCUT2D eigenvalue weighted by atomic mass is 32.1. The van der Waals surface area contributed by atoms with E-state index in [4.69, 9.17) is 15.0 Å². The molecule has 0 radical (unpaired) electrons. The summed E-state index contributed by atoms with van der Waals surface area (Å²) in [6, 6.07) is 1.84. The highest BCUT2D eigenvalue weighted by Crippen LogP contribution is 2.32. The Hall–Kier alpha value is -1.89. The lowest BCUT2D eigenvalue weighted by molar-refractivity contribution is 0.0508. The molecule has 2 heterocycles. The largest absolute Gasteiger partial charge is 0.460 e. The Bertz CT molecular complexity index is 547. The fourth-order valence-corrected chi connectivity index (χ4v) is 2.09. The van der Waals surface area contributed by atoms with Gasteiger partial charge in [0.25, 0.3) is 11.7 Å². The van der Waals surface area contributed by atoms with Crippen LogP contribution in [0, 0.1) is 6.92 Å². The zero-order chi connectivity index (χ0) is 12.4. The van der Waals surface area contributed by atoms with Gasteiger partial charge in [0.15, 0.2) is 0 Å². The van der Waals surface area contributed by atoms with Crippen LogP contribution in [0.2, 0.25) is 0 Å². The van der Waals surface area contributed by atoms with Crippen LogP contribution in [0.15, 0.2) is 10.6 Å². The Labute approximate surface area is 101 Å². The van der Waals surface area contributed by atoms with E-state index in [2.05, 4.69) is 10.1 Å². The van der Waals surface area contributed by atoms with E-state index in [1.807, 2.05) is 13.0 Å². The summed E-state index contributed by atoms with van der Waals surface area (Å²) in [5.41, 5.74) is 6.44. The van der Waals surface area contributed by atoms with Crippen LogP contribution in [0.25, 0.3) is 11.5 Å². The number of aryl methyl sites for hydroxylation is 1. The van der Waals surface area contributed by atoms with Crippen molar-refractivity contribution in [3.63, 3.8) is 0 Å². The Morgan fingerprint density at radius 3 is 3.00 bits per heavy atom. The first-order chi connectivity index (χ1) is 8.11. The molecule has 0 amide bonds. The normalized spacial score (nSPS) is 10.5. The molecule has 0 saturated heterocycles. The molecule has 0 fully saturated rings. The van der Waals surface area contributed by atoms with Crippen LogP contribution in [0.5, 0.6) is 0 Å². The lowest BCUT2D eigenvalue weighted by atomic mass is 10.3. The summed E-state index contributed by atoms with van der Waals surface area (Å²) in [5, 5.41) is 4.13. The number of carbonyl (C=O) groups is 1. The lowest BCUT2D eigenvalue weighted by Crippen LogP contribution is -2.06. The third-order valence-corrected chi connectivity index (χ3v) is 2.88. The van der Waals surface area contributed by atoms with Crippen molar-refractivity contribution in [3.8, 4) is 11.5 Å². The Morgan fingerprint density at radius 1 is 1.65 bits per heavy atom. The van der Waals surface area contributed by atoms with Gasteiger partial charge < -0.3 is 15.0 Å². The zero-order valence-corrected chi connectivity index (χ0v) is 10.2. The fourth-order valence-electron chi connectivity index (χ4n) is 1.31. The van der Waals surface area contributed by atoms with Crippen LogP contribution in [-0.4, -0.2) is 22.7 Å². The predicted molar refractivity (Wildman–Crippen MR) is 62.7 cm³/mol. The molecule has 2 aromatic rings. The lowest BCUT2D eigenvalue weighted by Gasteiger charge is -1.93. The summed E-state index contributed by atoms with van der Waals surface area (Å²) in [7, 11) is 0. The van der Waals surface area contributed by atoms with Crippen molar-refractivity contribution in [1.29, 1.82) is 0 Å². The number of aromatic nitrogens is 2. The molecule has 0 aliphatic rings. The van der Waals surface area contributed by atoms with E-state index >= 15 is 0 Å². The van der Waals surface area contributed by atoms with E-state index in [9.17, 15) is 4.79 Å². The number of esters is 1. The smallest absolute Gasteiger partial charge is 0.379 e. The number of thiophene rings is 1. The van der Waals surface area contributed by atoms with Crippen molar-refractivity contribution in [2.75, 3.05) is 12.3 Å². The third kappa shape index (κ3) is 2.28. The molecule has 0 aliphatic carbocycles. The minimum atomic E-state index is -0.604. The SMILES string of the molecule is CCOC(=O)c1noc(-c2cc(C)sc2N)n1. The first kappa shape index (κ1) is 11.6. The summed E-state index contributed by atoms with van der Waals surface area (Å²) in [4.78, 5) is 16.3. The van der Waals surface area contributed by atoms with E-state index in [1.165, 1.54) is 11.3 Å². The maximum absolute atomic E-state index is 11.3. The number of nitrogens with two attached hydrogens (primary N) is 1. The maximum atomic E-state index is 11.3. The molecule has 17 heavy (non-hydrogen) atoms. The molecule has 0 bridgehead atoms. The number of ether oxygens (including phenoxy) is 1. The molecule has 0 saturated carbocycles. The van der Waals surface area contributed by atoms with Crippen LogP contribution in [0.4, 0.5) is 5.00 Å². The van der Waals surface area contributed by atoms with E-state index in [0.29, 0.717) is 10.6 Å². The van der Waals surface area contributed by atoms with Crippen LogP contribution < -0.4 is 5.73 Å². The monoisotopic (exact) mass is 253 g/mol. The summed E-state index contributed by atoms with van der Waals surface area (Å²) < 4.78 is 9.74. The molecular formula is C10H11N3O3S. The second-order valence-electron chi connectivity index (χ2n) is 3.28. The topological polar surface area (TPSA) is 91.2 Å². The molecule has 6 nitrogen and oxygen atoms in total. The standard InChI is InChI=1S/C10H11N3O3S/c1-3-15-10(14)8-12-9(16-13-8)6-4-5(2)17-7(6)11/h4H,3,11H2,1-2H3. The summed E-state index contributed by atoms with van der Waals surface area (Å²) in [6.07, 6.45) is 0. The van der Waals surface area contributed by atoms with E-state index in [1.54, 1.807) is 6.92 Å². The summed E-state index contributed by atoms with van der Waals surface area (Å²) in [6.45, 7) is 3.90. The molecular weight excluding hydrogens is 242 g/mol. The van der Waals surface area contributed by atoms with Crippen molar-refractivity contribution < 1.29 is 14.1 Å². The Balaban J connectivity index is 2.30. The van der Waals surface area contributed by atoms with Crippen molar-refractivity contribution in [3.05, 3.63) is 16.8 Å². The first-order valence-corrected chi connectivity index (χ1v) is 5.80. The minimum absolute atomic E-state index is 0.0925. The Morgan fingerprint density at radius 2 is 2.41 bits per heavy atom. The minimum Gasteiger partial charge on any atom is -0.460 e. The van der Waals surface area contributed by atoms with Crippen molar-refractivity contribution >= 4 is 22.3 Å². The van der Waals surface area contributed by atoms with Crippen LogP contribution in [0.3, 0.4) is 0 Å². The fraction of sp³-hybridized carbons (Fsp3) is 0.300. The van der Waals surface area contributed by atoms with Gasteiger partial charge in [-0.1, -0.05) is 0 Å². The average molecular weight is 253 g/mol. The summed E-state index contributed by atoms with van der Waals surface area (Å²) >= 11 is 1.43. The summed E-state index contributed by atoms with van der Waals surface area (Å²) in [5.74, 6) is -0.465. The Kier molecular flexibility index (Phi) is 3.10. The molecule has 2 rings (SSSR count). The predicted octanol–water partition coefficient (Wildman–Crippen LogP) is 1.87. The van der Waals surface area contributed by atoms with Crippen molar-refractivity contribution in [2.45, 2.75) is 13.8 Å². The number of carbonyl (C=O) groups excluding carboxylic acids is 1. The van der Waals surface area contributed by atoms with E-state index in [0.717, 1.165) is 4.88 Å². The molecule has 90 valence electrons. The number of hydrogen-bond acceptors (Lipinski definition) is 7.